The Labute approximate surface area is 194 Å². The summed E-state index contributed by atoms with van der Waals surface area (Å²) < 4.78 is 11.1. The molecule has 2 atom stereocenters. The van der Waals surface area contributed by atoms with Gasteiger partial charge in [0, 0.05) is 23.7 Å². The highest BCUT2D eigenvalue weighted by atomic mass is 35.5. The Morgan fingerprint density at radius 1 is 1.27 bits per heavy atom. The highest BCUT2D eigenvalue weighted by Gasteiger charge is 2.58. The lowest BCUT2D eigenvalue weighted by molar-refractivity contribution is -0.140. The Bertz CT molecular complexity index is 1270. The molecule has 1 unspecified atom stereocenters. The maximum atomic E-state index is 13.3. The first-order valence-corrected chi connectivity index (χ1v) is 10.4. The third-order valence-electron chi connectivity index (χ3n) is 5.99. The van der Waals surface area contributed by atoms with E-state index in [1.54, 1.807) is 24.3 Å². The summed E-state index contributed by atoms with van der Waals surface area (Å²) in [5.41, 5.74) is -1.00. The van der Waals surface area contributed by atoms with Crippen molar-refractivity contribution >= 4 is 34.9 Å². The largest absolute Gasteiger partial charge is 0.507 e. The summed E-state index contributed by atoms with van der Waals surface area (Å²) in [7, 11) is 1.31. The van der Waals surface area contributed by atoms with Crippen molar-refractivity contribution in [3.63, 3.8) is 0 Å². The van der Waals surface area contributed by atoms with Crippen LogP contribution in [0.25, 0.3) is 0 Å². The summed E-state index contributed by atoms with van der Waals surface area (Å²) in [6, 6.07) is 8.19. The van der Waals surface area contributed by atoms with Gasteiger partial charge in [0.25, 0.3) is 5.91 Å². The lowest BCUT2D eigenvalue weighted by Crippen LogP contribution is -2.47. The number of hydrogen-bond acceptors (Lipinski definition) is 7. The van der Waals surface area contributed by atoms with Gasteiger partial charge in [-0.3, -0.25) is 19.2 Å². The number of aromatic hydroxyl groups is 1. The topological polar surface area (TPSA) is 119 Å². The van der Waals surface area contributed by atoms with Crippen LogP contribution in [-0.4, -0.2) is 35.5 Å². The Hall–Kier alpha value is -3.65. The van der Waals surface area contributed by atoms with E-state index in [2.05, 4.69) is 5.32 Å². The molecule has 1 amide bonds. The van der Waals surface area contributed by atoms with Gasteiger partial charge in [0.15, 0.2) is 17.3 Å². The molecule has 8 nitrogen and oxygen atoms in total. The van der Waals surface area contributed by atoms with E-state index in [9.17, 15) is 24.3 Å². The Morgan fingerprint density at radius 3 is 2.61 bits per heavy atom. The van der Waals surface area contributed by atoms with Crippen LogP contribution < -0.4 is 14.8 Å². The van der Waals surface area contributed by atoms with Gasteiger partial charge in [-0.2, -0.15) is 0 Å². The number of phenols is 1. The van der Waals surface area contributed by atoms with E-state index in [1.807, 2.05) is 0 Å². The average molecular weight is 470 g/mol. The summed E-state index contributed by atoms with van der Waals surface area (Å²) >= 11 is 6.16. The van der Waals surface area contributed by atoms with Crippen molar-refractivity contribution in [2.45, 2.75) is 25.8 Å². The van der Waals surface area contributed by atoms with Crippen LogP contribution in [0.2, 0.25) is 5.02 Å². The Balaban J connectivity index is 1.82. The molecule has 1 aliphatic carbocycles. The number of fused-ring (bicyclic) bond motifs is 3. The normalized spacial score (nSPS) is 21.0. The molecule has 1 heterocycles. The van der Waals surface area contributed by atoms with E-state index in [0.29, 0.717) is 10.6 Å². The van der Waals surface area contributed by atoms with E-state index in [-0.39, 0.29) is 40.7 Å². The Morgan fingerprint density at radius 2 is 1.97 bits per heavy atom. The van der Waals surface area contributed by atoms with Gasteiger partial charge in [-0.1, -0.05) is 29.8 Å². The molecule has 0 radical (unpaired) electrons. The van der Waals surface area contributed by atoms with E-state index in [0.717, 1.165) is 13.0 Å². The molecule has 0 saturated heterocycles. The van der Waals surface area contributed by atoms with Gasteiger partial charge in [-0.15, -0.1) is 0 Å². The molecular formula is C24H20ClNO7. The molecule has 0 aromatic heterocycles. The van der Waals surface area contributed by atoms with Crippen LogP contribution in [0, 0.1) is 5.92 Å². The van der Waals surface area contributed by atoms with Crippen molar-refractivity contribution in [1.29, 1.82) is 0 Å². The number of benzene rings is 2. The zero-order chi connectivity index (χ0) is 24.1. The zero-order valence-electron chi connectivity index (χ0n) is 18.0. The van der Waals surface area contributed by atoms with E-state index in [4.69, 9.17) is 21.1 Å². The molecular weight excluding hydrogens is 450 g/mol. The third-order valence-corrected chi connectivity index (χ3v) is 6.36. The summed E-state index contributed by atoms with van der Waals surface area (Å²) in [5.74, 6) is -4.67. The number of phenolic OH excluding ortho intramolecular Hbond substituents is 1. The van der Waals surface area contributed by atoms with Crippen molar-refractivity contribution in [3.8, 4) is 17.2 Å². The van der Waals surface area contributed by atoms with Crippen molar-refractivity contribution in [3.05, 3.63) is 63.9 Å². The standard InChI is InChI=1S/C24H20ClNO7/c1-11(27)18-14(28)9-17-24(2,22(18)30)20-15(29)8-16(32-3)19(21(20)33-17)23(31)26-10-12-6-4-5-7-13(12)25/h4-9,18,29H,10H2,1-3H3,(H,26,31)/t18?,24-/m1/s1. The number of allylic oxidation sites excluding steroid dienone is 2. The van der Waals surface area contributed by atoms with Crippen molar-refractivity contribution in [2.75, 3.05) is 7.11 Å². The minimum atomic E-state index is -1.62. The number of Topliss-reactive ketones (excluding diaryl/α,β-unsaturated/α-hetero) is 2. The number of methoxy groups -OCH3 is 1. The van der Waals surface area contributed by atoms with Gasteiger partial charge in [0.05, 0.1) is 12.7 Å². The number of hydrogen-bond donors (Lipinski definition) is 2. The molecule has 170 valence electrons. The molecule has 0 saturated carbocycles. The fourth-order valence-corrected chi connectivity index (χ4v) is 4.46. The van der Waals surface area contributed by atoms with E-state index >= 15 is 0 Å². The van der Waals surface area contributed by atoms with Crippen molar-refractivity contribution in [1.82, 2.24) is 5.32 Å². The fraction of sp³-hybridized carbons (Fsp3) is 0.250. The molecule has 2 aromatic carbocycles. The molecule has 33 heavy (non-hydrogen) atoms. The van der Waals surface area contributed by atoms with Gasteiger partial charge in [0.2, 0.25) is 0 Å². The molecule has 2 N–H and O–H groups in total. The number of amides is 1. The summed E-state index contributed by atoms with van der Waals surface area (Å²) in [4.78, 5) is 50.9. The van der Waals surface area contributed by atoms with Crippen LogP contribution >= 0.6 is 11.6 Å². The van der Waals surface area contributed by atoms with E-state index < -0.39 is 34.6 Å². The molecule has 4 rings (SSSR count). The summed E-state index contributed by atoms with van der Waals surface area (Å²) in [6.07, 6.45) is 1.07. The molecule has 9 heteroatoms. The van der Waals surface area contributed by atoms with Crippen LogP contribution in [-0.2, 0) is 26.3 Å². The highest BCUT2D eigenvalue weighted by molar-refractivity contribution is 6.31. The number of rotatable bonds is 5. The number of ketones is 3. The molecule has 2 aliphatic rings. The summed E-state index contributed by atoms with van der Waals surface area (Å²) in [5, 5.41) is 14.0. The van der Waals surface area contributed by atoms with Crippen LogP contribution in [0.3, 0.4) is 0 Å². The first kappa shape index (κ1) is 22.5. The molecule has 0 spiro atoms. The monoisotopic (exact) mass is 469 g/mol. The fourth-order valence-electron chi connectivity index (χ4n) is 4.26. The minimum Gasteiger partial charge on any atom is -0.507 e. The number of halogens is 1. The lowest BCUT2D eigenvalue weighted by atomic mass is 9.67. The zero-order valence-corrected chi connectivity index (χ0v) is 18.8. The maximum absolute atomic E-state index is 13.3. The quantitative estimate of drug-likeness (QED) is 0.646. The Kier molecular flexibility index (Phi) is 5.49. The lowest BCUT2D eigenvalue weighted by Gasteiger charge is -2.30. The van der Waals surface area contributed by atoms with Crippen molar-refractivity contribution in [2.24, 2.45) is 5.92 Å². The summed E-state index contributed by atoms with van der Waals surface area (Å²) in [6.45, 7) is 2.70. The predicted octanol–water partition coefficient (Wildman–Crippen LogP) is 2.88. The highest BCUT2D eigenvalue weighted by Crippen LogP contribution is 2.56. The molecule has 0 fully saturated rings. The van der Waals surface area contributed by atoms with Crippen molar-refractivity contribution < 1.29 is 33.8 Å². The second-order valence-corrected chi connectivity index (χ2v) is 8.40. The van der Waals surface area contributed by atoms with Gasteiger partial charge >= 0.3 is 0 Å². The molecule has 0 bridgehead atoms. The third kappa shape index (κ3) is 3.38. The second kappa shape index (κ2) is 8.04. The first-order chi connectivity index (χ1) is 15.6. The number of carbonyl (C=O) groups excluding carboxylic acids is 4. The number of carbonyl (C=O) groups is 4. The first-order valence-electron chi connectivity index (χ1n) is 10.1. The minimum absolute atomic E-state index is 0.00111. The van der Waals surface area contributed by atoms with Crippen LogP contribution in [0.15, 0.2) is 42.2 Å². The average Bonchev–Trinajstić information content (AvgIpc) is 3.06. The number of nitrogens with one attached hydrogen (secondary N) is 1. The second-order valence-electron chi connectivity index (χ2n) is 8.00. The molecule has 2 aromatic rings. The van der Waals surface area contributed by atoms with Gasteiger partial charge in [-0.25, -0.2) is 0 Å². The van der Waals surface area contributed by atoms with Gasteiger partial charge < -0.3 is 19.9 Å². The van der Waals surface area contributed by atoms with E-state index in [1.165, 1.54) is 20.1 Å². The van der Waals surface area contributed by atoms with Crippen LogP contribution in [0.4, 0.5) is 0 Å². The van der Waals surface area contributed by atoms with Gasteiger partial charge in [-0.05, 0) is 25.5 Å². The number of ether oxygens (including phenoxy) is 2. The van der Waals surface area contributed by atoms with Crippen LogP contribution in [0.1, 0.15) is 35.3 Å². The smallest absolute Gasteiger partial charge is 0.259 e. The molecule has 1 aliphatic heterocycles. The predicted molar refractivity (Wildman–Crippen MR) is 118 cm³/mol. The SMILES string of the molecule is COc1cc(O)c2c(c1C(=O)NCc1ccccc1Cl)OC1=CC(=O)C(C(C)=O)C(=O)[C@]12C. The van der Waals surface area contributed by atoms with Crippen LogP contribution in [0.5, 0.6) is 17.2 Å². The van der Waals surface area contributed by atoms with Gasteiger partial charge in [0.1, 0.15) is 39.9 Å². The maximum Gasteiger partial charge on any atom is 0.259 e.